The summed E-state index contributed by atoms with van der Waals surface area (Å²) in [6.07, 6.45) is 4.87. The first-order chi connectivity index (χ1) is 14.3. The van der Waals surface area contributed by atoms with Gasteiger partial charge in [0.05, 0.1) is 11.9 Å². The van der Waals surface area contributed by atoms with Crippen LogP contribution in [0.2, 0.25) is 0 Å². The van der Waals surface area contributed by atoms with E-state index in [1.54, 1.807) is 0 Å². The number of aliphatic imine (C=N–C) groups is 1. The third kappa shape index (κ3) is 5.41. The second-order valence-corrected chi connectivity index (χ2v) is 6.84. The molecular weight excluding hydrogens is 487 g/mol. The van der Waals surface area contributed by atoms with Gasteiger partial charge >= 0.3 is 0 Å². The lowest BCUT2D eigenvalue weighted by atomic mass is 10.1. The van der Waals surface area contributed by atoms with Crippen LogP contribution in [0.15, 0.2) is 72.0 Å². The molecule has 7 heteroatoms. The average Bonchev–Trinajstić information content (AvgIpc) is 3.40. The quantitative estimate of drug-likeness (QED) is 0.167. The van der Waals surface area contributed by atoms with E-state index in [0.717, 1.165) is 42.6 Å². The zero-order chi connectivity index (χ0) is 19.9. The molecule has 0 fully saturated rings. The maximum atomic E-state index is 4.66. The Hall–Kier alpha value is -2.81. The molecule has 0 aliphatic heterocycles. The van der Waals surface area contributed by atoms with Gasteiger partial charge in [-0.15, -0.1) is 24.0 Å². The molecule has 2 aromatic heterocycles. The van der Waals surface area contributed by atoms with Gasteiger partial charge in [-0.2, -0.15) is 0 Å². The molecule has 0 bridgehead atoms. The van der Waals surface area contributed by atoms with Crippen molar-refractivity contribution in [2.45, 2.75) is 19.9 Å². The molecule has 4 aromatic rings. The number of aromatic nitrogens is 3. The standard InChI is InChI=1S/C23H26N6.HI/c1-2-24-23(25-13-12-18-14-26-20-11-7-6-10-19(18)20)28-16-22-27-15-21(29-22)17-8-4-3-5-9-17;/h3-11,14-15,26H,2,12-13,16H2,1H3,(H,27,29)(H2,24,25,28);1H. The van der Waals surface area contributed by atoms with Gasteiger partial charge < -0.3 is 20.6 Å². The number of hydrogen-bond donors (Lipinski definition) is 4. The van der Waals surface area contributed by atoms with E-state index in [0.29, 0.717) is 6.54 Å². The Kier molecular flexibility index (Phi) is 7.89. The molecular formula is C23H27IN6. The van der Waals surface area contributed by atoms with Gasteiger partial charge in [0.1, 0.15) is 12.4 Å². The summed E-state index contributed by atoms with van der Waals surface area (Å²) in [5, 5.41) is 7.99. The highest BCUT2D eigenvalue weighted by atomic mass is 127. The Balaban J connectivity index is 0.00000256. The number of fused-ring (bicyclic) bond motifs is 1. The Morgan fingerprint density at radius 3 is 2.67 bits per heavy atom. The van der Waals surface area contributed by atoms with Crippen molar-refractivity contribution in [1.29, 1.82) is 0 Å². The number of halogens is 1. The minimum Gasteiger partial charge on any atom is -0.361 e. The van der Waals surface area contributed by atoms with Crippen LogP contribution in [0.4, 0.5) is 0 Å². The van der Waals surface area contributed by atoms with E-state index in [1.807, 2.05) is 24.4 Å². The number of imidazole rings is 1. The zero-order valence-corrected chi connectivity index (χ0v) is 19.3. The van der Waals surface area contributed by atoms with Crippen LogP contribution in [-0.4, -0.2) is 34.0 Å². The summed E-state index contributed by atoms with van der Waals surface area (Å²) in [6.45, 7) is 4.18. The monoisotopic (exact) mass is 514 g/mol. The maximum Gasteiger partial charge on any atom is 0.191 e. The molecule has 0 amide bonds. The van der Waals surface area contributed by atoms with Gasteiger partial charge in [0.25, 0.3) is 0 Å². The van der Waals surface area contributed by atoms with E-state index < -0.39 is 0 Å². The zero-order valence-electron chi connectivity index (χ0n) is 17.0. The van der Waals surface area contributed by atoms with Gasteiger partial charge in [-0.25, -0.2) is 9.98 Å². The van der Waals surface area contributed by atoms with Crippen LogP contribution in [0.5, 0.6) is 0 Å². The SMILES string of the molecule is CCNC(=NCc1ncc(-c2ccccc2)[nH]1)NCCc1c[nH]c2ccccc12.I. The fourth-order valence-electron chi connectivity index (χ4n) is 3.36. The Morgan fingerprint density at radius 1 is 1.03 bits per heavy atom. The molecule has 0 saturated carbocycles. The Labute approximate surface area is 193 Å². The molecule has 0 unspecified atom stereocenters. The van der Waals surface area contributed by atoms with Crippen molar-refractivity contribution in [2.24, 2.45) is 4.99 Å². The van der Waals surface area contributed by atoms with Gasteiger partial charge in [0.2, 0.25) is 0 Å². The molecule has 6 nitrogen and oxygen atoms in total. The van der Waals surface area contributed by atoms with Gasteiger partial charge in [-0.1, -0.05) is 48.5 Å². The van der Waals surface area contributed by atoms with Crippen molar-refractivity contribution in [2.75, 3.05) is 13.1 Å². The van der Waals surface area contributed by atoms with E-state index in [2.05, 4.69) is 80.1 Å². The highest BCUT2D eigenvalue weighted by Crippen LogP contribution is 2.18. The smallest absolute Gasteiger partial charge is 0.191 e. The van der Waals surface area contributed by atoms with E-state index in [-0.39, 0.29) is 24.0 Å². The normalized spacial score (nSPS) is 11.3. The molecule has 4 N–H and O–H groups in total. The fraction of sp³-hybridized carbons (Fsp3) is 0.217. The van der Waals surface area contributed by atoms with Crippen LogP contribution < -0.4 is 10.6 Å². The molecule has 30 heavy (non-hydrogen) atoms. The summed E-state index contributed by atoms with van der Waals surface area (Å²) in [5.74, 6) is 1.64. The minimum absolute atomic E-state index is 0. The van der Waals surface area contributed by atoms with Crippen LogP contribution in [0, 0.1) is 0 Å². The lowest BCUT2D eigenvalue weighted by molar-refractivity contribution is 0.795. The van der Waals surface area contributed by atoms with Crippen LogP contribution in [-0.2, 0) is 13.0 Å². The van der Waals surface area contributed by atoms with Crippen molar-refractivity contribution < 1.29 is 0 Å². The number of para-hydroxylation sites is 1. The molecule has 156 valence electrons. The Morgan fingerprint density at radius 2 is 1.83 bits per heavy atom. The lowest BCUT2D eigenvalue weighted by Crippen LogP contribution is -2.38. The van der Waals surface area contributed by atoms with E-state index in [9.17, 15) is 0 Å². The summed E-state index contributed by atoms with van der Waals surface area (Å²) in [5.41, 5.74) is 4.62. The van der Waals surface area contributed by atoms with Gasteiger partial charge in [0, 0.05) is 30.2 Å². The van der Waals surface area contributed by atoms with Gasteiger partial charge in [-0.05, 0) is 30.5 Å². The number of benzene rings is 2. The van der Waals surface area contributed by atoms with Crippen LogP contribution in [0.1, 0.15) is 18.3 Å². The number of hydrogen-bond acceptors (Lipinski definition) is 2. The van der Waals surface area contributed by atoms with Gasteiger partial charge in [0.15, 0.2) is 5.96 Å². The van der Waals surface area contributed by atoms with E-state index in [4.69, 9.17) is 0 Å². The van der Waals surface area contributed by atoms with Crippen molar-refractivity contribution in [3.63, 3.8) is 0 Å². The third-order valence-corrected chi connectivity index (χ3v) is 4.81. The van der Waals surface area contributed by atoms with E-state index in [1.165, 1.54) is 16.5 Å². The Bertz CT molecular complexity index is 1080. The summed E-state index contributed by atoms with van der Waals surface area (Å²) in [6, 6.07) is 18.6. The molecule has 2 heterocycles. The number of guanidine groups is 1. The second kappa shape index (κ2) is 10.8. The first-order valence-electron chi connectivity index (χ1n) is 10.00. The summed E-state index contributed by atoms with van der Waals surface area (Å²) in [4.78, 5) is 15.8. The fourth-order valence-corrected chi connectivity index (χ4v) is 3.36. The topological polar surface area (TPSA) is 80.9 Å². The lowest BCUT2D eigenvalue weighted by Gasteiger charge is -2.10. The molecule has 2 aromatic carbocycles. The molecule has 0 aliphatic carbocycles. The number of H-pyrrole nitrogens is 2. The molecule has 0 radical (unpaired) electrons. The summed E-state index contributed by atoms with van der Waals surface area (Å²) >= 11 is 0. The number of nitrogens with zero attached hydrogens (tertiary/aromatic N) is 2. The number of aromatic amines is 2. The predicted octanol–water partition coefficient (Wildman–Crippen LogP) is 4.47. The highest BCUT2D eigenvalue weighted by molar-refractivity contribution is 14.0. The molecule has 4 rings (SSSR count). The largest absolute Gasteiger partial charge is 0.361 e. The average molecular weight is 514 g/mol. The number of nitrogens with one attached hydrogen (secondary N) is 4. The highest BCUT2D eigenvalue weighted by Gasteiger charge is 2.05. The first-order valence-corrected chi connectivity index (χ1v) is 10.00. The molecule has 0 saturated heterocycles. The van der Waals surface area contributed by atoms with E-state index >= 15 is 0 Å². The number of rotatable bonds is 7. The summed E-state index contributed by atoms with van der Waals surface area (Å²) < 4.78 is 0. The molecule has 0 spiro atoms. The summed E-state index contributed by atoms with van der Waals surface area (Å²) in [7, 11) is 0. The van der Waals surface area contributed by atoms with Crippen molar-refractivity contribution in [1.82, 2.24) is 25.6 Å². The van der Waals surface area contributed by atoms with Crippen LogP contribution in [0.25, 0.3) is 22.2 Å². The van der Waals surface area contributed by atoms with Crippen LogP contribution >= 0.6 is 24.0 Å². The van der Waals surface area contributed by atoms with Crippen molar-refractivity contribution >= 4 is 40.8 Å². The first kappa shape index (κ1) is 21.9. The minimum atomic E-state index is 0. The molecule has 0 aliphatic rings. The third-order valence-electron chi connectivity index (χ3n) is 4.81. The maximum absolute atomic E-state index is 4.66. The van der Waals surface area contributed by atoms with Crippen LogP contribution in [0.3, 0.4) is 0 Å². The molecule has 0 atom stereocenters. The predicted molar refractivity (Wildman–Crippen MR) is 134 cm³/mol. The van der Waals surface area contributed by atoms with Crippen molar-refractivity contribution in [3.8, 4) is 11.3 Å². The second-order valence-electron chi connectivity index (χ2n) is 6.84. The van der Waals surface area contributed by atoms with Gasteiger partial charge in [-0.3, -0.25) is 0 Å². The van der Waals surface area contributed by atoms with Crippen molar-refractivity contribution in [3.05, 3.63) is 78.4 Å².